The maximum atomic E-state index is 13.2. The van der Waals surface area contributed by atoms with Crippen LogP contribution in [0.3, 0.4) is 0 Å². The van der Waals surface area contributed by atoms with Crippen LogP contribution in [0.25, 0.3) is 0 Å². The van der Waals surface area contributed by atoms with Gasteiger partial charge in [-0.2, -0.15) is 0 Å². The first-order chi connectivity index (χ1) is 15.7. The number of aliphatic hydroxyl groups is 1. The van der Waals surface area contributed by atoms with Crippen molar-refractivity contribution in [3.05, 3.63) is 95.6 Å². The fourth-order valence-electron chi connectivity index (χ4n) is 4.19. The molecule has 1 unspecified atom stereocenters. The van der Waals surface area contributed by atoms with Gasteiger partial charge in [-0.1, -0.05) is 60.7 Å². The van der Waals surface area contributed by atoms with Crippen LogP contribution in [0.4, 0.5) is 0 Å². The van der Waals surface area contributed by atoms with E-state index in [4.69, 9.17) is 4.74 Å². The summed E-state index contributed by atoms with van der Waals surface area (Å²) < 4.78 is 6.08. The highest BCUT2D eigenvalue weighted by molar-refractivity contribution is 5.77. The van der Waals surface area contributed by atoms with Crippen LogP contribution < -0.4 is 10.1 Å². The number of carbonyl (C=O) groups excluding carboxylic acids is 1. The monoisotopic (exact) mass is 430 g/mol. The summed E-state index contributed by atoms with van der Waals surface area (Å²) in [6, 6.07) is 25.8. The average molecular weight is 431 g/mol. The summed E-state index contributed by atoms with van der Waals surface area (Å²) in [6.45, 7) is 2.37. The Morgan fingerprint density at radius 3 is 2.62 bits per heavy atom. The van der Waals surface area contributed by atoms with Crippen molar-refractivity contribution >= 4 is 5.91 Å². The molecule has 5 heteroatoms. The summed E-state index contributed by atoms with van der Waals surface area (Å²) in [5.74, 6) is 1.61. The number of piperazine rings is 1. The van der Waals surface area contributed by atoms with Crippen LogP contribution in [0, 0.1) is 0 Å². The quantitative estimate of drug-likeness (QED) is 0.568. The fourth-order valence-corrected chi connectivity index (χ4v) is 4.19. The fraction of sp³-hybridized carbons (Fsp3) is 0.296. The number of ether oxygens (including phenoxy) is 1. The van der Waals surface area contributed by atoms with E-state index in [1.807, 2.05) is 71.6 Å². The summed E-state index contributed by atoms with van der Waals surface area (Å²) in [5, 5.41) is 12.8. The smallest absolute Gasteiger partial charge is 0.223 e. The molecule has 1 aliphatic heterocycles. The van der Waals surface area contributed by atoms with Gasteiger partial charge in [0, 0.05) is 32.1 Å². The van der Waals surface area contributed by atoms with E-state index in [-0.39, 0.29) is 18.6 Å². The highest BCUT2D eigenvalue weighted by Gasteiger charge is 2.26. The first-order valence-electron chi connectivity index (χ1n) is 11.2. The molecule has 1 amide bonds. The molecular formula is C27H30N2O3. The number of amides is 1. The molecule has 1 saturated heterocycles. The average Bonchev–Trinajstić information content (AvgIpc) is 2.84. The van der Waals surface area contributed by atoms with Gasteiger partial charge in [-0.15, -0.1) is 0 Å². The first-order valence-corrected chi connectivity index (χ1v) is 11.2. The van der Waals surface area contributed by atoms with Crippen molar-refractivity contribution in [3.63, 3.8) is 0 Å². The lowest BCUT2D eigenvalue weighted by molar-refractivity contribution is -0.134. The second-order valence-corrected chi connectivity index (χ2v) is 8.15. The van der Waals surface area contributed by atoms with Crippen LogP contribution in [0.1, 0.15) is 23.1 Å². The third kappa shape index (κ3) is 5.75. The Bertz CT molecular complexity index is 1020. The Kier molecular flexibility index (Phi) is 7.54. The zero-order valence-corrected chi connectivity index (χ0v) is 18.2. The number of nitrogens with zero attached hydrogens (tertiary/aromatic N) is 1. The van der Waals surface area contributed by atoms with Gasteiger partial charge in [-0.25, -0.2) is 0 Å². The van der Waals surface area contributed by atoms with Crippen LogP contribution >= 0.6 is 0 Å². The molecule has 3 aromatic carbocycles. The minimum atomic E-state index is -0.0256. The molecule has 2 N–H and O–H groups in total. The van der Waals surface area contributed by atoms with E-state index >= 15 is 0 Å². The number of benzene rings is 3. The summed E-state index contributed by atoms with van der Waals surface area (Å²) >= 11 is 0. The molecule has 1 fully saturated rings. The first kappa shape index (κ1) is 22.1. The normalized spacial score (nSPS) is 16.0. The molecule has 0 saturated carbocycles. The standard InChI is InChI=1S/C27H30N2O3/c30-20-22-9-6-11-25(18-22)32-26-12-5-4-10-23(26)13-14-27(31)29-16-15-28-19-24(29)17-21-7-2-1-3-8-21/h1-12,18,24,28,30H,13-17,19-20H2. The number of aliphatic hydroxyl groups excluding tert-OH is 1. The van der Waals surface area contributed by atoms with Gasteiger partial charge in [0.15, 0.2) is 0 Å². The van der Waals surface area contributed by atoms with Gasteiger partial charge in [0.2, 0.25) is 5.91 Å². The summed E-state index contributed by atoms with van der Waals surface area (Å²) in [4.78, 5) is 15.2. The van der Waals surface area contributed by atoms with E-state index in [2.05, 4.69) is 17.4 Å². The second-order valence-electron chi connectivity index (χ2n) is 8.15. The Hall–Kier alpha value is -3.15. The van der Waals surface area contributed by atoms with Crippen LogP contribution in [0.2, 0.25) is 0 Å². The minimum Gasteiger partial charge on any atom is -0.457 e. The number of carbonyl (C=O) groups is 1. The lowest BCUT2D eigenvalue weighted by Crippen LogP contribution is -2.54. The topological polar surface area (TPSA) is 61.8 Å². The van der Waals surface area contributed by atoms with E-state index in [1.54, 1.807) is 0 Å². The van der Waals surface area contributed by atoms with E-state index in [0.717, 1.165) is 42.9 Å². The summed E-state index contributed by atoms with van der Waals surface area (Å²) in [6.07, 6.45) is 1.93. The van der Waals surface area contributed by atoms with Gasteiger partial charge < -0.3 is 20.1 Å². The zero-order chi connectivity index (χ0) is 22.2. The van der Waals surface area contributed by atoms with E-state index < -0.39 is 0 Å². The largest absolute Gasteiger partial charge is 0.457 e. The molecule has 0 aromatic heterocycles. The number of hydrogen-bond donors (Lipinski definition) is 2. The van der Waals surface area contributed by atoms with Gasteiger partial charge in [-0.05, 0) is 47.7 Å². The van der Waals surface area contributed by atoms with Gasteiger partial charge in [0.05, 0.1) is 6.61 Å². The molecule has 0 bridgehead atoms. The highest BCUT2D eigenvalue weighted by atomic mass is 16.5. The summed E-state index contributed by atoms with van der Waals surface area (Å²) in [7, 11) is 0. The maximum absolute atomic E-state index is 13.2. The third-order valence-electron chi connectivity index (χ3n) is 5.87. The number of rotatable bonds is 8. The Balaban J connectivity index is 1.41. The molecule has 4 rings (SSSR count). The van der Waals surface area contributed by atoms with Crippen molar-refractivity contribution in [2.75, 3.05) is 19.6 Å². The molecule has 166 valence electrons. The Labute approximate surface area is 189 Å². The Morgan fingerprint density at radius 1 is 1.00 bits per heavy atom. The van der Waals surface area contributed by atoms with Gasteiger partial charge in [0.1, 0.15) is 11.5 Å². The summed E-state index contributed by atoms with van der Waals surface area (Å²) in [5.41, 5.74) is 3.06. The van der Waals surface area contributed by atoms with Gasteiger partial charge in [-0.3, -0.25) is 4.79 Å². The van der Waals surface area contributed by atoms with E-state index in [1.165, 1.54) is 5.56 Å². The molecule has 32 heavy (non-hydrogen) atoms. The maximum Gasteiger partial charge on any atom is 0.223 e. The van der Waals surface area contributed by atoms with Crippen molar-refractivity contribution in [2.45, 2.75) is 31.9 Å². The molecule has 1 atom stereocenters. The van der Waals surface area contributed by atoms with Crippen molar-refractivity contribution < 1.29 is 14.6 Å². The van der Waals surface area contributed by atoms with Crippen molar-refractivity contribution in [1.82, 2.24) is 10.2 Å². The van der Waals surface area contributed by atoms with Gasteiger partial charge in [0.25, 0.3) is 0 Å². The molecule has 3 aromatic rings. The molecule has 1 heterocycles. The molecular weight excluding hydrogens is 400 g/mol. The van der Waals surface area contributed by atoms with Crippen molar-refractivity contribution in [3.8, 4) is 11.5 Å². The van der Waals surface area contributed by atoms with Crippen LogP contribution in [-0.2, 0) is 24.2 Å². The molecule has 0 radical (unpaired) electrons. The Morgan fingerprint density at radius 2 is 1.78 bits per heavy atom. The van der Waals surface area contributed by atoms with Crippen molar-refractivity contribution in [2.24, 2.45) is 0 Å². The molecule has 0 spiro atoms. The molecule has 0 aliphatic carbocycles. The number of hydrogen-bond acceptors (Lipinski definition) is 4. The van der Waals surface area contributed by atoms with Crippen LogP contribution in [0.15, 0.2) is 78.9 Å². The van der Waals surface area contributed by atoms with Crippen LogP contribution in [0.5, 0.6) is 11.5 Å². The number of aryl methyl sites for hydroxylation is 1. The van der Waals surface area contributed by atoms with Crippen molar-refractivity contribution in [1.29, 1.82) is 0 Å². The van der Waals surface area contributed by atoms with Crippen LogP contribution in [-0.4, -0.2) is 41.6 Å². The van der Waals surface area contributed by atoms with E-state index in [0.29, 0.717) is 18.6 Å². The molecule has 1 aliphatic rings. The highest BCUT2D eigenvalue weighted by Crippen LogP contribution is 2.27. The SMILES string of the molecule is O=C(CCc1ccccc1Oc1cccc(CO)c1)N1CCNCC1Cc1ccccc1. The lowest BCUT2D eigenvalue weighted by Gasteiger charge is -2.36. The number of nitrogens with one attached hydrogen (secondary N) is 1. The van der Waals surface area contributed by atoms with Gasteiger partial charge >= 0.3 is 0 Å². The number of para-hydroxylation sites is 1. The zero-order valence-electron chi connectivity index (χ0n) is 18.2. The predicted molar refractivity (Wildman–Crippen MR) is 126 cm³/mol. The lowest BCUT2D eigenvalue weighted by atomic mass is 10.0. The molecule has 5 nitrogen and oxygen atoms in total. The third-order valence-corrected chi connectivity index (χ3v) is 5.87. The minimum absolute atomic E-state index is 0.0256. The van der Waals surface area contributed by atoms with E-state index in [9.17, 15) is 9.90 Å². The second kappa shape index (κ2) is 10.9. The predicted octanol–water partition coefficient (Wildman–Crippen LogP) is 3.95.